The monoisotopic (exact) mass is 410 g/mol. The minimum atomic E-state index is -0.579. The summed E-state index contributed by atoms with van der Waals surface area (Å²) >= 11 is 1.76. The van der Waals surface area contributed by atoms with Gasteiger partial charge in [-0.2, -0.15) is 0 Å². The SMILES string of the molecule is NCc1ccc(CCCN(C[C@H](O)c2ccccc2)C[C@H](O)c2ccccc2)s1. The highest BCUT2D eigenvalue weighted by atomic mass is 32.1. The summed E-state index contributed by atoms with van der Waals surface area (Å²) in [6, 6.07) is 23.7. The standard InChI is InChI=1S/C24H30N2O2S/c25-16-22-14-13-21(29-22)12-7-15-26(17-23(27)19-8-3-1-4-9-19)18-24(28)20-10-5-2-6-11-20/h1-6,8-11,13-14,23-24,27-28H,7,12,15-18,25H2/t23-,24-/m0/s1. The molecule has 0 spiro atoms. The van der Waals surface area contributed by atoms with Crippen LogP contribution in [0.5, 0.6) is 0 Å². The average Bonchev–Trinajstić information content (AvgIpc) is 3.23. The second kappa shape index (κ2) is 11.2. The van der Waals surface area contributed by atoms with E-state index in [4.69, 9.17) is 5.73 Å². The quantitative estimate of drug-likeness (QED) is 0.448. The van der Waals surface area contributed by atoms with Crippen molar-refractivity contribution in [1.29, 1.82) is 0 Å². The molecule has 5 heteroatoms. The van der Waals surface area contributed by atoms with E-state index in [1.54, 1.807) is 11.3 Å². The van der Waals surface area contributed by atoms with Crippen LogP contribution >= 0.6 is 11.3 Å². The summed E-state index contributed by atoms with van der Waals surface area (Å²) in [4.78, 5) is 4.70. The fourth-order valence-corrected chi connectivity index (χ4v) is 4.39. The van der Waals surface area contributed by atoms with Crippen molar-refractivity contribution in [3.8, 4) is 0 Å². The topological polar surface area (TPSA) is 69.7 Å². The Kier molecular flexibility index (Phi) is 8.40. The highest BCUT2D eigenvalue weighted by molar-refractivity contribution is 7.11. The summed E-state index contributed by atoms with van der Waals surface area (Å²) in [5.74, 6) is 0. The van der Waals surface area contributed by atoms with Gasteiger partial charge in [0.05, 0.1) is 12.2 Å². The molecule has 0 aliphatic heterocycles. The van der Waals surface area contributed by atoms with Crippen molar-refractivity contribution in [2.45, 2.75) is 31.6 Å². The Balaban J connectivity index is 1.61. The lowest BCUT2D eigenvalue weighted by molar-refractivity contribution is 0.0682. The van der Waals surface area contributed by atoms with Crippen LogP contribution in [0, 0.1) is 0 Å². The fourth-order valence-electron chi connectivity index (χ4n) is 3.45. The van der Waals surface area contributed by atoms with Gasteiger partial charge in [0.1, 0.15) is 0 Å². The number of nitrogens with zero attached hydrogens (tertiary/aromatic N) is 1. The van der Waals surface area contributed by atoms with Gasteiger partial charge in [-0.15, -0.1) is 11.3 Å². The Morgan fingerprint density at radius 2 is 1.28 bits per heavy atom. The zero-order chi connectivity index (χ0) is 20.5. The van der Waals surface area contributed by atoms with Gasteiger partial charge in [-0.3, -0.25) is 4.90 Å². The first-order valence-electron chi connectivity index (χ1n) is 10.1. The first-order valence-corrected chi connectivity index (χ1v) is 10.9. The minimum Gasteiger partial charge on any atom is -0.387 e. The number of hydrogen-bond acceptors (Lipinski definition) is 5. The van der Waals surface area contributed by atoms with Crippen LogP contribution < -0.4 is 5.73 Å². The highest BCUT2D eigenvalue weighted by Crippen LogP contribution is 2.20. The van der Waals surface area contributed by atoms with Gasteiger partial charge in [0.25, 0.3) is 0 Å². The summed E-state index contributed by atoms with van der Waals surface area (Å²) in [6.07, 6.45) is 0.784. The van der Waals surface area contributed by atoms with Crippen molar-refractivity contribution in [3.05, 3.63) is 93.7 Å². The summed E-state index contributed by atoms with van der Waals surface area (Å²) < 4.78 is 0. The first-order chi connectivity index (χ1) is 14.2. The summed E-state index contributed by atoms with van der Waals surface area (Å²) in [5.41, 5.74) is 7.51. The maximum absolute atomic E-state index is 10.7. The molecule has 0 fully saturated rings. The average molecular weight is 411 g/mol. The van der Waals surface area contributed by atoms with Gasteiger partial charge in [-0.25, -0.2) is 0 Å². The second-order valence-corrected chi connectivity index (χ2v) is 8.54. The van der Waals surface area contributed by atoms with Crippen LogP contribution in [0.2, 0.25) is 0 Å². The molecule has 1 heterocycles. The van der Waals surface area contributed by atoms with Crippen molar-refractivity contribution in [2.24, 2.45) is 5.73 Å². The van der Waals surface area contributed by atoms with E-state index in [-0.39, 0.29) is 0 Å². The lowest BCUT2D eigenvalue weighted by Gasteiger charge is -2.27. The lowest BCUT2D eigenvalue weighted by Crippen LogP contribution is -2.33. The molecule has 0 bridgehead atoms. The summed E-state index contributed by atoms with van der Waals surface area (Å²) in [7, 11) is 0. The minimum absolute atomic E-state index is 0.492. The van der Waals surface area contributed by atoms with E-state index in [9.17, 15) is 10.2 Å². The Bertz CT molecular complexity index is 791. The van der Waals surface area contributed by atoms with Gasteiger partial charge >= 0.3 is 0 Å². The molecule has 4 N–H and O–H groups in total. The zero-order valence-corrected chi connectivity index (χ0v) is 17.5. The van der Waals surface area contributed by atoms with E-state index in [1.807, 2.05) is 60.7 Å². The number of thiophene rings is 1. The molecule has 29 heavy (non-hydrogen) atoms. The van der Waals surface area contributed by atoms with E-state index in [1.165, 1.54) is 9.75 Å². The number of aryl methyl sites for hydroxylation is 1. The molecule has 3 aromatic rings. The Labute approximate surface area is 177 Å². The van der Waals surface area contributed by atoms with Crippen molar-refractivity contribution in [1.82, 2.24) is 4.90 Å². The van der Waals surface area contributed by atoms with E-state index >= 15 is 0 Å². The van der Waals surface area contributed by atoms with Gasteiger partial charge < -0.3 is 15.9 Å². The molecule has 0 aliphatic carbocycles. The normalized spacial score (nSPS) is 13.5. The van der Waals surface area contributed by atoms with Crippen LogP contribution in [-0.4, -0.2) is 34.7 Å². The molecule has 0 saturated heterocycles. The van der Waals surface area contributed by atoms with E-state index in [0.29, 0.717) is 19.6 Å². The molecule has 0 aliphatic rings. The Morgan fingerprint density at radius 1 is 0.759 bits per heavy atom. The molecule has 2 aromatic carbocycles. The second-order valence-electron chi connectivity index (χ2n) is 7.29. The third-order valence-electron chi connectivity index (χ3n) is 5.05. The van der Waals surface area contributed by atoms with Crippen LogP contribution in [0.3, 0.4) is 0 Å². The molecule has 1 aromatic heterocycles. The van der Waals surface area contributed by atoms with Crippen molar-refractivity contribution >= 4 is 11.3 Å². The summed E-state index contributed by atoms with van der Waals surface area (Å²) in [5, 5.41) is 21.4. The van der Waals surface area contributed by atoms with Crippen molar-refractivity contribution < 1.29 is 10.2 Å². The van der Waals surface area contributed by atoms with Crippen molar-refractivity contribution in [3.63, 3.8) is 0 Å². The number of nitrogens with two attached hydrogens (primary N) is 1. The molecular formula is C24H30N2O2S. The lowest BCUT2D eigenvalue weighted by atomic mass is 10.1. The maximum atomic E-state index is 10.7. The molecule has 0 radical (unpaired) electrons. The fraction of sp³-hybridized carbons (Fsp3) is 0.333. The Morgan fingerprint density at radius 3 is 1.76 bits per heavy atom. The smallest absolute Gasteiger partial charge is 0.0916 e. The molecule has 0 amide bonds. The van der Waals surface area contributed by atoms with Crippen LogP contribution in [0.1, 0.15) is 39.5 Å². The van der Waals surface area contributed by atoms with Crippen LogP contribution in [-0.2, 0) is 13.0 Å². The van der Waals surface area contributed by atoms with Crippen LogP contribution in [0.25, 0.3) is 0 Å². The molecule has 0 saturated carbocycles. The van der Waals surface area contributed by atoms with Gasteiger partial charge in [-0.05, 0) is 42.6 Å². The number of aliphatic hydroxyl groups is 2. The molecule has 2 atom stereocenters. The predicted molar refractivity (Wildman–Crippen MR) is 120 cm³/mol. The first kappa shape index (κ1) is 21.7. The van der Waals surface area contributed by atoms with E-state index < -0.39 is 12.2 Å². The molecule has 3 rings (SSSR count). The largest absolute Gasteiger partial charge is 0.387 e. The number of benzene rings is 2. The number of aliphatic hydroxyl groups excluding tert-OH is 2. The highest BCUT2D eigenvalue weighted by Gasteiger charge is 2.18. The molecule has 0 unspecified atom stereocenters. The molecular weight excluding hydrogens is 380 g/mol. The van der Waals surface area contributed by atoms with Crippen molar-refractivity contribution in [2.75, 3.05) is 19.6 Å². The molecule has 154 valence electrons. The third-order valence-corrected chi connectivity index (χ3v) is 6.21. The predicted octanol–water partition coefficient (Wildman–Crippen LogP) is 3.91. The van der Waals surface area contributed by atoms with Gasteiger partial charge in [0.15, 0.2) is 0 Å². The van der Waals surface area contributed by atoms with E-state index in [0.717, 1.165) is 30.5 Å². The number of hydrogen-bond donors (Lipinski definition) is 3. The number of rotatable bonds is 11. The third kappa shape index (κ3) is 6.77. The Hall–Kier alpha value is -2.02. The zero-order valence-electron chi connectivity index (χ0n) is 16.7. The van der Waals surface area contributed by atoms with Gasteiger partial charge in [0, 0.05) is 29.4 Å². The molecule has 4 nitrogen and oxygen atoms in total. The van der Waals surface area contributed by atoms with Crippen LogP contribution in [0.15, 0.2) is 72.8 Å². The summed E-state index contributed by atoms with van der Waals surface area (Å²) in [6.45, 7) is 2.38. The van der Waals surface area contributed by atoms with Crippen LogP contribution in [0.4, 0.5) is 0 Å². The van der Waals surface area contributed by atoms with Gasteiger partial charge in [0.2, 0.25) is 0 Å². The maximum Gasteiger partial charge on any atom is 0.0916 e. The van der Waals surface area contributed by atoms with Gasteiger partial charge in [-0.1, -0.05) is 60.7 Å². The van der Waals surface area contributed by atoms with E-state index in [2.05, 4.69) is 17.0 Å².